The van der Waals surface area contributed by atoms with Crippen molar-refractivity contribution >= 4 is 22.9 Å². The van der Waals surface area contributed by atoms with Crippen LogP contribution in [0.1, 0.15) is 22.4 Å². The molecule has 0 fully saturated rings. The third kappa shape index (κ3) is 3.98. The van der Waals surface area contributed by atoms with Gasteiger partial charge in [-0.15, -0.1) is 33.1 Å². The highest BCUT2D eigenvalue weighted by molar-refractivity contribution is 7.11. The average Bonchev–Trinajstić information content (AvgIpc) is 2.58. The van der Waals surface area contributed by atoms with Crippen LogP contribution < -0.4 is 0 Å². The molecule has 1 heterocycles. The van der Waals surface area contributed by atoms with Gasteiger partial charge in [0.2, 0.25) is 5.92 Å². The lowest BCUT2D eigenvalue weighted by atomic mass is 10.1. The molecule has 0 atom stereocenters. The van der Waals surface area contributed by atoms with Gasteiger partial charge in [0.05, 0.1) is 0 Å². The van der Waals surface area contributed by atoms with Crippen LogP contribution in [-0.2, 0) is 6.42 Å². The molecule has 2 nitrogen and oxygen atoms in total. The maximum absolute atomic E-state index is 12.4. The van der Waals surface area contributed by atoms with Gasteiger partial charge in [-0.3, -0.25) is 0 Å². The Hall–Kier alpha value is -0.570. The van der Waals surface area contributed by atoms with Crippen molar-refractivity contribution in [2.45, 2.75) is 31.1 Å². The van der Waals surface area contributed by atoms with E-state index in [1.807, 2.05) is 0 Å². The van der Waals surface area contributed by atoms with Gasteiger partial charge in [-0.25, -0.2) is 0 Å². The van der Waals surface area contributed by atoms with Gasteiger partial charge in [0.15, 0.2) is 0 Å². The molecule has 0 spiro atoms. The van der Waals surface area contributed by atoms with Crippen LogP contribution in [0.4, 0.5) is 26.3 Å². The summed E-state index contributed by atoms with van der Waals surface area (Å²) in [6.07, 6.45) is -10.2. The second-order valence-corrected chi connectivity index (χ2v) is 4.81. The van der Waals surface area contributed by atoms with Crippen molar-refractivity contribution in [1.82, 2.24) is 10.2 Å². The fourth-order valence-corrected chi connectivity index (χ4v) is 2.34. The van der Waals surface area contributed by atoms with E-state index in [4.69, 9.17) is 11.6 Å². The molecule has 1 aromatic heterocycles. The topological polar surface area (TPSA) is 25.8 Å². The number of halogens is 7. The summed E-state index contributed by atoms with van der Waals surface area (Å²) in [5.74, 6) is -3.33. The molecule has 1 rings (SSSR count). The summed E-state index contributed by atoms with van der Waals surface area (Å²) >= 11 is 5.68. The Morgan fingerprint density at radius 3 is 2.06 bits per heavy atom. The first-order valence-corrected chi connectivity index (χ1v) is 6.03. The monoisotopic (exact) mass is 312 g/mol. The molecule has 0 aliphatic rings. The second kappa shape index (κ2) is 5.60. The van der Waals surface area contributed by atoms with E-state index < -0.39 is 23.3 Å². The first-order chi connectivity index (χ1) is 8.16. The van der Waals surface area contributed by atoms with Gasteiger partial charge in [0.25, 0.3) is 0 Å². The highest BCUT2D eigenvalue weighted by Gasteiger charge is 2.59. The minimum Gasteiger partial charge on any atom is -0.170 e. The van der Waals surface area contributed by atoms with Crippen LogP contribution in [0.25, 0.3) is 0 Å². The van der Waals surface area contributed by atoms with Crippen LogP contribution in [0, 0.1) is 0 Å². The van der Waals surface area contributed by atoms with E-state index in [1.165, 1.54) is 0 Å². The Balaban J connectivity index is 2.97. The molecule has 0 saturated carbocycles. The van der Waals surface area contributed by atoms with Crippen LogP contribution in [0.3, 0.4) is 0 Å². The maximum Gasteiger partial charge on any atom is 0.406 e. The zero-order chi connectivity index (χ0) is 14.0. The largest absolute Gasteiger partial charge is 0.406 e. The van der Waals surface area contributed by atoms with Crippen molar-refractivity contribution in [2.24, 2.45) is 0 Å². The van der Waals surface area contributed by atoms with Crippen molar-refractivity contribution in [3.05, 3.63) is 10.0 Å². The molecule has 1 aromatic rings. The van der Waals surface area contributed by atoms with E-state index in [0.717, 1.165) is 0 Å². The van der Waals surface area contributed by atoms with E-state index in [2.05, 4.69) is 10.2 Å². The van der Waals surface area contributed by atoms with Crippen LogP contribution in [0.5, 0.6) is 0 Å². The normalized spacial score (nSPS) is 13.3. The van der Waals surface area contributed by atoms with Crippen molar-refractivity contribution < 1.29 is 26.3 Å². The Bertz CT molecular complexity index is 374. The standard InChI is InChI=1S/C8H7ClF6N2S/c9-3-1-2-4-16-17-6(18-4)5(7(10,11)12)8(13,14)15/h5H,1-3H2. The molecule has 0 amide bonds. The Morgan fingerprint density at radius 1 is 1.06 bits per heavy atom. The molecule has 18 heavy (non-hydrogen) atoms. The molecule has 0 bridgehead atoms. The molecule has 0 aliphatic carbocycles. The van der Waals surface area contributed by atoms with E-state index >= 15 is 0 Å². The highest BCUT2D eigenvalue weighted by Crippen LogP contribution is 2.46. The summed E-state index contributed by atoms with van der Waals surface area (Å²) in [7, 11) is 0. The lowest BCUT2D eigenvalue weighted by molar-refractivity contribution is -0.253. The number of rotatable bonds is 4. The molecule has 10 heteroatoms. The molecule has 0 unspecified atom stereocenters. The Kier molecular flexibility index (Phi) is 4.82. The summed E-state index contributed by atoms with van der Waals surface area (Å²) in [5, 5.41) is 5.33. The fraction of sp³-hybridized carbons (Fsp3) is 0.750. The van der Waals surface area contributed by atoms with Crippen molar-refractivity contribution in [3.63, 3.8) is 0 Å². The molecule has 0 N–H and O–H groups in total. The maximum atomic E-state index is 12.4. The Morgan fingerprint density at radius 2 is 1.61 bits per heavy atom. The molecule has 104 valence electrons. The van der Waals surface area contributed by atoms with Gasteiger partial charge in [-0.1, -0.05) is 0 Å². The van der Waals surface area contributed by atoms with Crippen molar-refractivity contribution in [2.75, 3.05) is 5.88 Å². The zero-order valence-electron chi connectivity index (χ0n) is 8.65. The average molecular weight is 313 g/mol. The van der Waals surface area contributed by atoms with E-state index in [0.29, 0.717) is 17.8 Å². The predicted molar refractivity (Wildman–Crippen MR) is 53.8 cm³/mol. The van der Waals surface area contributed by atoms with E-state index in [-0.39, 0.29) is 17.3 Å². The van der Waals surface area contributed by atoms with Crippen molar-refractivity contribution in [3.8, 4) is 0 Å². The smallest absolute Gasteiger partial charge is 0.170 e. The summed E-state index contributed by atoms with van der Waals surface area (Å²) in [4.78, 5) is 0. The summed E-state index contributed by atoms with van der Waals surface area (Å²) in [5.41, 5.74) is 0. The SMILES string of the molecule is FC(F)(F)C(c1nnc(CCCCl)s1)C(F)(F)F. The molecule has 0 aromatic carbocycles. The first kappa shape index (κ1) is 15.5. The number of nitrogens with zero attached hydrogens (tertiary/aromatic N) is 2. The number of hydrogen-bond donors (Lipinski definition) is 0. The van der Waals surface area contributed by atoms with Gasteiger partial charge in [0.1, 0.15) is 10.0 Å². The molecule has 0 aliphatic heterocycles. The number of hydrogen-bond acceptors (Lipinski definition) is 3. The van der Waals surface area contributed by atoms with E-state index in [1.54, 1.807) is 0 Å². The molecule has 0 radical (unpaired) electrons. The van der Waals surface area contributed by atoms with Crippen LogP contribution in [0.2, 0.25) is 0 Å². The summed E-state index contributed by atoms with van der Waals surface area (Å²) in [6.45, 7) is 0. The minimum absolute atomic E-state index is 0.115. The fourth-order valence-electron chi connectivity index (χ4n) is 1.17. The van der Waals surface area contributed by atoms with E-state index in [9.17, 15) is 26.3 Å². The Labute approximate surface area is 107 Å². The predicted octanol–water partition coefficient (Wildman–Crippen LogP) is 3.92. The quantitative estimate of drug-likeness (QED) is 0.622. The molecular weight excluding hydrogens is 306 g/mol. The third-order valence-electron chi connectivity index (χ3n) is 1.91. The van der Waals surface area contributed by atoms with Crippen molar-refractivity contribution in [1.29, 1.82) is 0 Å². The van der Waals surface area contributed by atoms with Crippen LogP contribution in [-0.4, -0.2) is 28.4 Å². The number of alkyl halides is 7. The summed E-state index contributed by atoms with van der Waals surface area (Å²) in [6, 6.07) is 0. The highest BCUT2D eigenvalue weighted by atomic mass is 35.5. The molecule has 0 saturated heterocycles. The number of aryl methyl sites for hydroxylation is 1. The lowest BCUT2D eigenvalue weighted by Gasteiger charge is -2.20. The van der Waals surface area contributed by atoms with Gasteiger partial charge >= 0.3 is 12.4 Å². The lowest BCUT2D eigenvalue weighted by Crippen LogP contribution is -2.34. The minimum atomic E-state index is -5.43. The first-order valence-electron chi connectivity index (χ1n) is 4.68. The number of aromatic nitrogens is 2. The second-order valence-electron chi connectivity index (χ2n) is 3.34. The van der Waals surface area contributed by atoms with Crippen LogP contribution >= 0.6 is 22.9 Å². The third-order valence-corrected chi connectivity index (χ3v) is 3.22. The van der Waals surface area contributed by atoms with Crippen LogP contribution in [0.15, 0.2) is 0 Å². The van der Waals surface area contributed by atoms with Gasteiger partial charge in [-0.05, 0) is 6.42 Å². The van der Waals surface area contributed by atoms with Gasteiger partial charge in [0, 0.05) is 12.3 Å². The van der Waals surface area contributed by atoms with Gasteiger partial charge < -0.3 is 0 Å². The van der Waals surface area contributed by atoms with Gasteiger partial charge in [-0.2, -0.15) is 26.3 Å². The summed E-state index contributed by atoms with van der Waals surface area (Å²) < 4.78 is 74.2. The zero-order valence-corrected chi connectivity index (χ0v) is 10.2. The molecular formula is C8H7ClF6N2S.